The van der Waals surface area contributed by atoms with Crippen LogP contribution in [-0.4, -0.2) is 24.5 Å². The Kier molecular flexibility index (Phi) is 6.81. The smallest absolute Gasteiger partial charge is 0.266 e. The van der Waals surface area contributed by atoms with Crippen molar-refractivity contribution < 1.29 is 23.6 Å². The molecule has 2 aliphatic rings. The Labute approximate surface area is 235 Å². The molecule has 0 aliphatic carbocycles. The van der Waals surface area contributed by atoms with Crippen molar-refractivity contribution in [2.45, 2.75) is 25.5 Å². The van der Waals surface area contributed by atoms with E-state index < -0.39 is 24.0 Å². The highest BCUT2D eigenvalue weighted by Gasteiger charge is 2.61. The number of anilines is 2. The van der Waals surface area contributed by atoms with Crippen molar-refractivity contribution >= 4 is 46.4 Å². The molecule has 0 bridgehead atoms. The molecule has 3 aromatic carbocycles. The largest absolute Gasteiger partial charge is 0.494 e. The maximum Gasteiger partial charge on any atom is 0.266 e. The minimum atomic E-state index is -1.01. The lowest BCUT2D eigenvalue weighted by Crippen LogP contribution is -2.37. The van der Waals surface area contributed by atoms with Gasteiger partial charge in [-0.2, -0.15) is 0 Å². The summed E-state index contributed by atoms with van der Waals surface area (Å²) in [6.07, 6.45) is -0.134. The van der Waals surface area contributed by atoms with Gasteiger partial charge in [-0.05, 0) is 73.2 Å². The number of benzene rings is 3. The number of para-hydroxylation sites is 1. The molecular weight excluding hydrogens is 539 g/mol. The zero-order valence-corrected chi connectivity index (χ0v) is 22.4. The van der Waals surface area contributed by atoms with Crippen LogP contribution in [0.25, 0.3) is 11.3 Å². The third-order valence-corrected chi connectivity index (χ3v) is 7.37. The molecule has 198 valence electrons. The van der Waals surface area contributed by atoms with E-state index in [-0.39, 0.29) is 5.91 Å². The molecule has 9 heteroatoms. The molecule has 4 aromatic rings. The van der Waals surface area contributed by atoms with Crippen molar-refractivity contribution in [1.29, 1.82) is 0 Å². The third kappa shape index (κ3) is 4.56. The molecule has 7 nitrogen and oxygen atoms in total. The van der Waals surface area contributed by atoms with Gasteiger partial charge < -0.3 is 9.15 Å². The molecule has 0 radical (unpaired) electrons. The van der Waals surface area contributed by atoms with E-state index in [2.05, 4.69) is 0 Å². The molecule has 3 heterocycles. The fourth-order valence-electron chi connectivity index (χ4n) is 5.01. The number of hydrogen-bond acceptors (Lipinski definition) is 6. The number of hydroxylamine groups is 1. The molecule has 0 saturated carbocycles. The van der Waals surface area contributed by atoms with Gasteiger partial charge in [-0.3, -0.25) is 14.4 Å². The highest BCUT2D eigenvalue weighted by molar-refractivity contribution is 6.35. The molecule has 0 unspecified atom stereocenters. The molecule has 39 heavy (non-hydrogen) atoms. The van der Waals surface area contributed by atoms with Gasteiger partial charge in [-0.1, -0.05) is 48.3 Å². The number of carbonyl (C=O) groups excluding carboxylic acids is 2. The molecule has 0 N–H and O–H groups in total. The summed E-state index contributed by atoms with van der Waals surface area (Å²) >= 11 is 12.6. The van der Waals surface area contributed by atoms with Crippen molar-refractivity contribution in [3.8, 4) is 17.1 Å². The SMILES string of the molecule is CCCOc1ccc(N2C(=O)[C@H]3[C@@H](c4ccc(-c5cc(Cl)ccc5Cl)o4)N(c4ccccc4)O[C@H]3C2=O)cc1. The quantitative estimate of drug-likeness (QED) is 0.224. The summed E-state index contributed by atoms with van der Waals surface area (Å²) in [4.78, 5) is 34.8. The number of furan rings is 1. The Bertz CT molecular complexity index is 1520. The van der Waals surface area contributed by atoms with Crippen molar-refractivity contribution in [3.63, 3.8) is 0 Å². The number of ether oxygens (including phenoxy) is 1. The molecule has 2 saturated heterocycles. The van der Waals surface area contributed by atoms with Crippen LogP contribution in [0.3, 0.4) is 0 Å². The predicted octanol–water partition coefficient (Wildman–Crippen LogP) is 7.09. The average Bonchev–Trinajstić information content (AvgIpc) is 3.65. The molecule has 1 aromatic heterocycles. The summed E-state index contributed by atoms with van der Waals surface area (Å²) < 4.78 is 11.9. The lowest BCUT2D eigenvalue weighted by Gasteiger charge is -2.27. The molecule has 0 spiro atoms. The molecule has 2 amide bonds. The van der Waals surface area contributed by atoms with Gasteiger partial charge in [0.2, 0.25) is 5.91 Å². The first-order chi connectivity index (χ1) is 19.0. The number of carbonyl (C=O) groups is 2. The van der Waals surface area contributed by atoms with Gasteiger partial charge in [0.15, 0.2) is 6.10 Å². The molecule has 2 aliphatic heterocycles. The number of fused-ring (bicyclic) bond motifs is 1. The molecule has 6 rings (SSSR count). The second-order valence-corrected chi connectivity index (χ2v) is 10.2. The first kappa shape index (κ1) is 25.5. The summed E-state index contributed by atoms with van der Waals surface area (Å²) in [5.74, 6) is -0.00157. The van der Waals surface area contributed by atoms with E-state index in [1.807, 2.05) is 37.3 Å². The number of halogens is 2. The van der Waals surface area contributed by atoms with E-state index in [1.165, 1.54) is 4.90 Å². The number of hydrogen-bond donors (Lipinski definition) is 0. The summed E-state index contributed by atoms with van der Waals surface area (Å²) in [5, 5.41) is 2.58. The molecular formula is C30H24Cl2N2O5. The van der Waals surface area contributed by atoms with Crippen LogP contribution < -0.4 is 14.7 Å². The van der Waals surface area contributed by atoms with Crippen molar-refractivity contribution in [3.05, 3.63) is 101 Å². The number of rotatable bonds is 7. The second-order valence-electron chi connectivity index (χ2n) is 9.34. The highest BCUT2D eigenvalue weighted by Crippen LogP contribution is 2.48. The minimum absolute atomic E-state index is 0.366. The van der Waals surface area contributed by atoms with Crippen molar-refractivity contribution in [2.75, 3.05) is 16.6 Å². The topological polar surface area (TPSA) is 72.2 Å². The van der Waals surface area contributed by atoms with Crippen LogP contribution in [0.5, 0.6) is 5.75 Å². The first-order valence-corrected chi connectivity index (χ1v) is 13.4. The Morgan fingerprint density at radius 3 is 2.38 bits per heavy atom. The monoisotopic (exact) mass is 562 g/mol. The summed E-state index contributed by atoms with van der Waals surface area (Å²) in [5.41, 5.74) is 1.78. The zero-order valence-electron chi connectivity index (χ0n) is 20.9. The van der Waals surface area contributed by atoms with Gasteiger partial charge in [0.1, 0.15) is 29.2 Å². The van der Waals surface area contributed by atoms with Crippen LogP contribution >= 0.6 is 23.2 Å². The number of amides is 2. The lowest BCUT2D eigenvalue weighted by molar-refractivity contribution is -0.126. The van der Waals surface area contributed by atoms with E-state index >= 15 is 0 Å². The number of nitrogens with zero attached hydrogens (tertiary/aromatic N) is 2. The van der Waals surface area contributed by atoms with Gasteiger partial charge in [0.25, 0.3) is 5.91 Å². The van der Waals surface area contributed by atoms with Crippen LogP contribution in [0.15, 0.2) is 89.3 Å². The highest BCUT2D eigenvalue weighted by atomic mass is 35.5. The zero-order chi connectivity index (χ0) is 27.1. The standard InChI is InChI=1S/C30H24Cl2N2O5/c1-2-16-37-21-11-9-19(10-12-21)33-29(35)26-27(34(39-28(26)30(33)36)20-6-4-3-5-7-20)25-15-14-24(38-25)22-17-18(31)8-13-23(22)32/h3-15,17,26-28H,2,16H2,1H3/t26-,27+,28+/m0/s1. The van der Waals surface area contributed by atoms with Crippen LogP contribution in [-0.2, 0) is 14.4 Å². The lowest BCUT2D eigenvalue weighted by atomic mass is 9.94. The maximum absolute atomic E-state index is 13.9. The van der Waals surface area contributed by atoms with Gasteiger partial charge in [0.05, 0.1) is 23.0 Å². The minimum Gasteiger partial charge on any atom is -0.494 e. The first-order valence-electron chi connectivity index (χ1n) is 12.6. The predicted molar refractivity (Wildman–Crippen MR) is 149 cm³/mol. The second kappa shape index (κ2) is 10.4. The van der Waals surface area contributed by atoms with E-state index in [9.17, 15) is 9.59 Å². The van der Waals surface area contributed by atoms with Gasteiger partial charge in [0, 0.05) is 10.6 Å². The van der Waals surface area contributed by atoms with Crippen molar-refractivity contribution in [2.24, 2.45) is 5.92 Å². The molecule has 2 fully saturated rings. The fraction of sp³-hybridized carbons (Fsp3) is 0.200. The van der Waals surface area contributed by atoms with E-state index in [4.69, 9.17) is 37.2 Å². The Hall–Kier alpha value is -3.78. The normalized spacial score (nSPS) is 20.5. The van der Waals surface area contributed by atoms with Crippen LogP contribution in [0.4, 0.5) is 11.4 Å². The Morgan fingerprint density at radius 2 is 1.64 bits per heavy atom. The number of imide groups is 1. The third-order valence-electron chi connectivity index (χ3n) is 6.81. The summed E-state index contributed by atoms with van der Waals surface area (Å²) in [6, 6.07) is 24.2. The van der Waals surface area contributed by atoms with E-state index in [0.717, 1.165) is 6.42 Å². The summed E-state index contributed by atoms with van der Waals surface area (Å²) in [6.45, 7) is 2.61. The fourth-order valence-corrected chi connectivity index (χ4v) is 5.39. The summed E-state index contributed by atoms with van der Waals surface area (Å²) in [7, 11) is 0. The van der Waals surface area contributed by atoms with Crippen LogP contribution in [0.1, 0.15) is 25.1 Å². The van der Waals surface area contributed by atoms with Crippen LogP contribution in [0, 0.1) is 5.92 Å². The van der Waals surface area contributed by atoms with E-state index in [1.54, 1.807) is 59.7 Å². The Balaban J connectivity index is 1.37. The van der Waals surface area contributed by atoms with E-state index in [0.29, 0.717) is 50.9 Å². The average molecular weight is 563 g/mol. The van der Waals surface area contributed by atoms with Crippen molar-refractivity contribution in [1.82, 2.24) is 0 Å². The molecule has 3 atom stereocenters. The Morgan fingerprint density at radius 1 is 0.872 bits per heavy atom. The van der Waals surface area contributed by atoms with Gasteiger partial charge >= 0.3 is 0 Å². The van der Waals surface area contributed by atoms with Crippen LogP contribution in [0.2, 0.25) is 10.0 Å². The van der Waals surface area contributed by atoms with Gasteiger partial charge in [-0.25, -0.2) is 9.96 Å². The maximum atomic E-state index is 13.9. The van der Waals surface area contributed by atoms with Gasteiger partial charge in [-0.15, -0.1) is 0 Å².